The summed E-state index contributed by atoms with van der Waals surface area (Å²) in [6.07, 6.45) is 1.48. The second kappa shape index (κ2) is 5.17. The first kappa shape index (κ1) is 15.0. The molecule has 0 atom stereocenters. The van der Waals surface area contributed by atoms with E-state index in [4.69, 9.17) is 0 Å². The molecule has 9 heteroatoms. The van der Waals surface area contributed by atoms with Gasteiger partial charge in [-0.25, -0.2) is 8.42 Å². The van der Waals surface area contributed by atoms with Gasteiger partial charge in [0.25, 0.3) is 15.7 Å². The van der Waals surface area contributed by atoms with E-state index in [0.29, 0.717) is 16.7 Å². The van der Waals surface area contributed by atoms with Gasteiger partial charge in [-0.3, -0.25) is 19.9 Å². The molecule has 0 amide bonds. The standard InChI is InChI=1S/C12H14N4O4S/c1-7-4-10(16(17)18)5-11(9(7)3)21(19,20)15-12-8(2)6-13-14-12/h4-6H,1-3H3,(H2,13,14,15). The van der Waals surface area contributed by atoms with E-state index in [-0.39, 0.29) is 16.4 Å². The number of hydrogen-bond donors (Lipinski definition) is 2. The predicted molar refractivity (Wildman–Crippen MR) is 76.7 cm³/mol. The molecule has 0 bridgehead atoms. The average molecular weight is 310 g/mol. The molecule has 0 saturated heterocycles. The number of non-ortho nitro benzene ring substituents is 1. The summed E-state index contributed by atoms with van der Waals surface area (Å²) in [5.41, 5.74) is 1.36. The first-order valence-corrected chi connectivity index (χ1v) is 7.49. The van der Waals surface area contributed by atoms with E-state index in [0.717, 1.165) is 6.07 Å². The number of sulfonamides is 1. The maximum absolute atomic E-state index is 12.4. The van der Waals surface area contributed by atoms with Gasteiger partial charge in [-0.2, -0.15) is 5.10 Å². The van der Waals surface area contributed by atoms with Gasteiger partial charge in [0.1, 0.15) is 5.82 Å². The minimum absolute atomic E-state index is 0.122. The summed E-state index contributed by atoms with van der Waals surface area (Å²) in [7, 11) is -3.94. The number of H-pyrrole nitrogens is 1. The minimum atomic E-state index is -3.94. The van der Waals surface area contributed by atoms with Crippen molar-refractivity contribution >= 4 is 21.5 Å². The van der Waals surface area contributed by atoms with Gasteiger partial charge in [-0.15, -0.1) is 0 Å². The van der Waals surface area contributed by atoms with Crippen LogP contribution >= 0.6 is 0 Å². The van der Waals surface area contributed by atoms with Gasteiger partial charge >= 0.3 is 0 Å². The van der Waals surface area contributed by atoms with Crippen LogP contribution in [0.2, 0.25) is 0 Å². The second-order valence-electron chi connectivity index (χ2n) is 4.68. The van der Waals surface area contributed by atoms with E-state index >= 15 is 0 Å². The number of benzene rings is 1. The van der Waals surface area contributed by atoms with Crippen molar-refractivity contribution in [1.82, 2.24) is 10.2 Å². The highest BCUT2D eigenvalue weighted by molar-refractivity contribution is 7.92. The van der Waals surface area contributed by atoms with Gasteiger partial charge in [-0.1, -0.05) is 0 Å². The Morgan fingerprint density at radius 2 is 1.90 bits per heavy atom. The summed E-state index contributed by atoms with van der Waals surface area (Å²) in [5.74, 6) is 0.235. The van der Waals surface area contributed by atoms with E-state index in [9.17, 15) is 18.5 Å². The Morgan fingerprint density at radius 1 is 1.24 bits per heavy atom. The number of anilines is 1. The molecule has 0 radical (unpaired) electrons. The predicted octanol–water partition coefficient (Wildman–Crippen LogP) is 2.04. The third kappa shape index (κ3) is 2.87. The molecule has 0 saturated carbocycles. The van der Waals surface area contributed by atoms with Crippen molar-refractivity contribution in [3.05, 3.63) is 45.1 Å². The van der Waals surface area contributed by atoms with Crippen LogP contribution in [0.5, 0.6) is 0 Å². The molecule has 112 valence electrons. The number of nitro benzene ring substituents is 1. The summed E-state index contributed by atoms with van der Waals surface area (Å²) < 4.78 is 27.2. The van der Waals surface area contributed by atoms with E-state index in [1.807, 2.05) is 0 Å². The van der Waals surface area contributed by atoms with Gasteiger partial charge < -0.3 is 0 Å². The van der Waals surface area contributed by atoms with Crippen molar-refractivity contribution in [3.63, 3.8) is 0 Å². The lowest BCUT2D eigenvalue weighted by molar-refractivity contribution is -0.385. The van der Waals surface area contributed by atoms with Gasteiger partial charge in [0.2, 0.25) is 0 Å². The third-order valence-electron chi connectivity index (χ3n) is 3.17. The number of nitro groups is 1. The van der Waals surface area contributed by atoms with Crippen LogP contribution in [0.15, 0.2) is 23.2 Å². The Bertz CT molecular complexity index is 811. The summed E-state index contributed by atoms with van der Waals surface area (Å²) in [6.45, 7) is 4.92. The van der Waals surface area contributed by atoms with E-state index in [1.54, 1.807) is 20.8 Å². The Kier molecular flexibility index (Phi) is 3.69. The molecule has 8 nitrogen and oxygen atoms in total. The van der Waals surface area contributed by atoms with Crippen molar-refractivity contribution in [2.45, 2.75) is 25.7 Å². The van der Waals surface area contributed by atoms with Crippen molar-refractivity contribution < 1.29 is 13.3 Å². The van der Waals surface area contributed by atoms with Crippen LogP contribution in [-0.2, 0) is 10.0 Å². The molecular weight excluding hydrogens is 296 g/mol. The molecule has 1 heterocycles. The molecule has 0 spiro atoms. The molecule has 21 heavy (non-hydrogen) atoms. The summed E-state index contributed by atoms with van der Waals surface area (Å²) in [4.78, 5) is 10.1. The SMILES string of the molecule is Cc1cn[nH]c1NS(=O)(=O)c1cc([N+](=O)[O-])cc(C)c1C. The van der Waals surface area contributed by atoms with Gasteiger partial charge in [0, 0.05) is 17.7 Å². The first-order valence-electron chi connectivity index (χ1n) is 6.01. The molecule has 1 aromatic carbocycles. The largest absolute Gasteiger partial charge is 0.271 e. The fraction of sp³-hybridized carbons (Fsp3) is 0.250. The smallest absolute Gasteiger partial charge is 0.263 e. The molecular formula is C12H14N4O4S. The van der Waals surface area contributed by atoms with Crippen LogP contribution in [0, 0.1) is 30.9 Å². The lowest BCUT2D eigenvalue weighted by Crippen LogP contribution is -2.16. The molecule has 1 aromatic heterocycles. The molecule has 0 aliphatic rings. The van der Waals surface area contributed by atoms with E-state index < -0.39 is 14.9 Å². The molecule has 2 N–H and O–H groups in total. The number of aryl methyl sites for hydroxylation is 2. The highest BCUT2D eigenvalue weighted by Gasteiger charge is 2.23. The molecule has 0 unspecified atom stereocenters. The number of nitrogens with one attached hydrogen (secondary N) is 2. The second-order valence-corrected chi connectivity index (χ2v) is 6.33. The Labute approximate surface area is 121 Å². The van der Waals surface area contributed by atoms with Crippen LogP contribution in [0.1, 0.15) is 16.7 Å². The highest BCUT2D eigenvalue weighted by atomic mass is 32.2. The zero-order valence-electron chi connectivity index (χ0n) is 11.7. The van der Waals surface area contributed by atoms with Gasteiger partial charge in [-0.05, 0) is 31.9 Å². The van der Waals surface area contributed by atoms with Gasteiger partial charge in [0.15, 0.2) is 0 Å². The number of aromatic amines is 1. The Hall–Kier alpha value is -2.42. The zero-order valence-corrected chi connectivity index (χ0v) is 12.5. The number of rotatable bonds is 4. The highest BCUT2D eigenvalue weighted by Crippen LogP contribution is 2.27. The van der Waals surface area contributed by atoms with Crippen molar-refractivity contribution in [3.8, 4) is 0 Å². The van der Waals surface area contributed by atoms with Crippen molar-refractivity contribution in [1.29, 1.82) is 0 Å². The maximum atomic E-state index is 12.4. The topological polar surface area (TPSA) is 118 Å². The quantitative estimate of drug-likeness (QED) is 0.661. The van der Waals surface area contributed by atoms with Crippen LogP contribution < -0.4 is 4.72 Å². The zero-order chi connectivity index (χ0) is 15.8. The molecule has 0 fully saturated rings. The van der Waals surface area contributed by atoms with Crippen molar-refractivity contribution in [2.24, 2.45) is 0 Å². The Balaban J connectivity index is 2.54. The molecule has 0 aliphatic heterocycles. The number of nitrogens with zero attached hydrogens (tertiary/aromatic N) is 2. The number of hydrogen-bond acceptors (Lipinski definition) is 5. The van der Waals surface area contributed by atoms with Crippen LogP contribution in [0.3, 0.4) is 0 Å². The molecule has 2 aromatic rings. The fourth-order valence-electron chi connectivity index (χ4n) is 1.83. The normalized spacial score (nSPS) is 11.4. The maximum Gasteiger partial charge on any atom is 0.271 e. The molecule has 0 aliphatic carbocycles. The monoisotopic (exact) mass is 310 g/mol. The first-order chi connectivity index (χ1) is 9.72. The summed E-state index contributed by atoms with van der Waals surface area (Å²) in [5, 5.41) is 17.1. The minimum Gasteiger partial charge on any atom is -0.263 e. The lowest BCUT2D eigenvalue weighted by atomic mass is 10.1. The van der Waals surface area contributed by atoms with Crippen molar-refractivity contribution in [2.75, 3.05) is 4.72 Å². The number of aromatic nitrogens is 2. The van der Waals surface area contributed by atoms with Gasteiger partial charge in [0.05, 0.1) is 16.0 Å². The molecule has 2 rings (SSSR count). The third-order valence-corrected chi connectivity index (χ3v) is 4.65. The average Bonchev–Trinajstić information content (AvgIpc) is 2.77. The summed E-state index contributed by atoms with van der Waals surface area (Å²) in [6, 6.07) is 2.40. The van der Waals surface area contributed by atoms with E-state index in [2.05, 4.69) is 14.9 Å². The fourth-order valence-corrected chi connectivity index (χ4v) is 3.26. The Morgan fingerprint density at radius 3 is 2.43 bits per heavy atom. The van der Waals surface area contributed by atoms with Crippen LogP contribution in [0.4, 0.5) is 11.5 Å². The van der Waals surface area contributed by atoms with Crippen LogP contribution in [-0.4, -0.2) is 23.5 Å². The summed E-state index contributed by atoms with van der Waals surface area (Å²) >= 11 is 0. The van der Waals surface area contributed by atoms with E-state index in [1.165, 1.54) is 12.3 Å². The lowest BCUT2D eigenvalue weighted by Gasteiger charge is -2.11. The van der Waals surface area contributed by atoms with Crippen LogP contribution in [0.25, 0.3) is 0 Å².